The SMILES string of the molecule is CCC(=O)NCC1CSCCS1. The Morgan fingerprint density at radius 3 is 3.00 bits per heavy atom. The molecule has 1 heterocycles. The summed E-state index contributed by atoms with van der Waals surface area (Å²) in [5.74, 6) is 3.86. The summed E-state index contributed by atoms with van der Waals surface area (Å²) in [6, 6.07) is 0. The summed E-state index contributed by atoms with van der Waals surface area (Å²) in [6.45, 7) is 2.74. The van der Waals surface area contributed by atoms with Crippen LogP contribution in [0.1, 0.15) is 13.3 Å². The molecule has 2 nitrogen and oxygen atoms in total. The van der Waals surface area contributed by atoms with Gasteiger partial charge in [-0.25, -0.2) is 0 Å². The van der Waals surface area contributed by atoms with E-state index in [9.17, 15) is 4.79 Å². The zero-order chi connectivity index (χ0) is 8.81. The van der Waals surface area contributed by atoms with E-state index in [2.05, 4.69) is 5.32 Å². The van der Waals surface area contributed by atoms with Gasteiger partial charge in [0.15, 0.2) is 0 Å². The summed E-state index contributed by atoms with van der Waals surface area (Å²) in [5.41, 5.74) is 0. The predicted octanol–water partition coefficient (Wildman–Crippen LogP) is 1.36. The minimum atomic E-state index is 0.172. The standard InChI is InChI=1S/C8H15NOS2/c1-2-8(10)9-5-7-6-11-3-4-12-7/h7H,2-6H2,1H3,(H,9,10). The molecule has 0 aromatic heterocycles. The fourth-order valence-electron chi connectivity index (χ4n) is 1.01. The number of nitrogens with one attached hydrogen (secondary N) is 1. The molecule has 1 aliphatic rings. The maximum absolute atomic E-state index is 10.9. The van der Waals surface area contributed by atoms with E-state index in [-0.39, 0.29) is 5.91 Å². The molecule has 1 rings (SSSR count). The smallest absolute Gasteiger partial charge is 0.219 e. The normalized spacial score (nSPS) is 23.6. The molecule has 0 saturated carbocycles. The zero-order valence-electron chi connectivity index (χ0n) is 7.34. The number of hydrogen-bond donors (Lipinski definition) is 1. The van der Waals surface area contributed by atoms with Crippen molar-refractivity contribution in [1.29, 1.82) is 0 Å². The second-order valence-electron chi connectivity index (χ2n) is 2.73. The third kappa shape index (κ3) is 3.72. The maximum Gasteiger partial charge on any atom is 0.219 e. The van der Waals surface area contributed by atoms with Crippen LogP contribution in [0.3, 0.4) is 0 Å². The van der Waals surface area contributed by atoms with Gasteiger partial charge in [0, 0.05) is 35.5 Å². The molecule has 70 valence electrons. The van der Waals surface area contributed by atoms with E-state index in [0.29, 0.717) is 11.7 Å². The molecular formula is C8H15NOS2. The molecule has 1 unspecified atom stereocenters. The van der Waals surface area contributed by atoms with E-state index in [4.69, 9.17) is 0 Å². The molecule has 0 spiro atoms. The highest BCUT2D eigenvalue weighted by molar-refractivity contribution is 8.06. The van der Waals surface area contributed by atoms with Crippen molar-refractivity contribution >= 4 is 29.4 Å². The highest BCUT2D eigenvalue weighted by Crippen LogP contribution is 2.23. The van der Waals surface area contributed by atoms with Crippen molar-refractivity contribution < 1.29 is 4.79 Å². The molecule has 0 aromatic rings. The average Bonchev–Trinajstić information content (AvgIpc) is 2.16. The Morgan fingerprint density at radius 1 is 1.58 bits per heavy atom. The molecule has 1 N–H and O–H groups in total. The lowest BCUT2D eigenvalue weighted by atomic mass is 10.4. The first-order valence-corrected chi connectivity index (χ1v) is 6.49. The summed E-state index contributed by atoms with van der Waals surface area (Å²) < 4.78 is 0. The predicted molar refractivity (Wildman–Crippen MR) is 56.9 cm³/mol. The van der Waals surface area contributed by atoms with E-state index in [1.165, 1.54) is 17.3 Å². The van der Waals surface area contributed by atoms with Crippen LogP contribution in [0.2, 0.25) is 0 Å². The van der Waals surface area contributed by atoms with Crippen molar-refractivity contribution in [1.82, 2.24) is 5.32 Å². The van der Waals surface area contributed by atoms with Crippen LogP contribution in [0.25, 0.3) is 0 Å². The maximum atomic E-state index is 10.9. The number of carbonyl (C=O) groups excluding carboxylic acids is 1. The summed E-state index contributed by atoms with van der Waals surface area (Å²) in [6.07, 6.45) is 0.602. The Balaban J connectivity index is 2.09. The van der Waals surface area contributed by atoms with E-state index >= 15 is 0 Å². The van der Waals surface area contributed by atoms with Gasteiger partial charge in [0.2, 0.25) is 5.91 Å². The number of amides is 1. The Kier molecular flexibility index (Phi) is 4.92. The first-order valence-electron chi connectivity index (χ1n) is 4.29. The first-order chi connectivity index (χ1) is 5.83. The van der Waals surface area contributed by atoms with Gasteiger partial charge in [0.25, 0.3) is 0 Å². The second-order valence-corrected chi connectivity index (χ2v) is 5.28. The number of rotatable bonds is 3. The largest absolute Gasteiger partial charge is 0.355 e. The molecule has 0 bridgehead atoms. The van der Waals surface area contributed by atoms with E-state index in [1.54, 1.807) is 0 Å². The first kappa shape index (κ1) is 10.3. The molecular weight excluding hydrogens is 190 g/mol. The summed E-state index contributed by atoms with van der Waals surface area (Å²) in [5, 5.41) is 3.57. The number of thioether (sulfide) groups is 2. The lowest BCUT2D eigenvalue weighted by Crippen LogP contribution is -2.32. The van der Waals surface area contributed by atoms with Gasteiger partial charge in [0.05, 0.1) is 0 Å². The van der Waals surface area contributed by atoms with Gasteiger partial charge in [-0.05, 0) is 0 Å². The quantitative estimate of drug-likeness (QED) is 0.754. The third-order valence-corrected chi connectivity index (χ3v) is 4.58. The molecule has 12 heavy (non-hydrogen) atoms. The van der Waals surface area contributed by atoms with Crippen LogP contribution in [-0.2, 0) is 4.79 Å². The van der Waals surface area contributed by atoms with Crippen LogP contribution in [0, 0.1) is 0 Å². The van der Waals surface area contributed by atoms with Crippen molar-refractivity contribution in [2.75, 3.05) is 23.8 Å². The van der Waals surface area contributed by atoms with Crippen LogP contribution in [0.5, 0.6) is 0 Å². The Hall–Kier alpha value is 0.170. The highest BCUT2D eigenvalue weighted by Gasteiger charge is 2.14. The summed E-state index contributed by atoms with van der Waals surface area (Å²) in [7, 11) is 0. The summed E-state index contributed by atoms with van der Waals surface area (Å²) in [4.78, 5) is 10.9. The van der Waals surface area contributed by atoms with Gasteiger partial charge in [-0.15, -0.1) is 0 Å². The molecule has 0 aromatic carbocycles. The monoisotopic (exact) mass is 205 g/mol. The molecule has 1 atom stereocenters. The van der Waals surface area contributed by atoms with Gasteiger partial charge >= 0.3 is 0 Å². The molecule has 0 radical (unpaired) electrons. The Morgan fingerprint density at radius 2 is 2.42 bits per heavy atom. The average molecular weight is 205 g/mol. The third-order valence-electron chi connectivity index (χ3n) is 1.73. The van der Waals surface area contributed by atoms with Crippen molar-refractivity contribution in [2.45, 2.75) is 18.6 Å². The molecule has 1 fully saturated rings. The van der Waals surface area contributed by atoms with Gasteiger partial charge < -0.3 is 5.32 Å². The molecule has 1 saturated heterocycles. The van der Waals surface area contributed by atoms with Crippen molar-refractivity contribution in [2.24, 2.45) is 0 Å². The number of carbonyl (C=O) groups is 1. The van der Waals surface area contributed by atoms with Crippen molar-refractivity contribution in [3.05, 3.63) is 0 Å². The Labute approximate surface area is 82.2 Å². The van der Waals surface area contributed by atoms with Gasteiger partial charge in [-0.2, -0.15) is 23.5 Å². The van der Waals surface area contributed by atoms with Crippen LogP contribution < -0.4 is 5.32 Å². The minimum absolute atomic E-state index is 0.172. The topological polar surface area (TPSA) is 29.1 Å². The van der Waals surface area contributed by atoms with Crippen LogP contribution in [0.15, 0.2) is 0 Å². The van der Waals surface area contributed by atoms with Gasteiger partial charge in [0.1, 0.15) is 0 Å². The van der Waals surface area contributed by atoms with Crippen LogP contribution >= 0.6 is 23.5 Å². The zero-order valence-corrected chi connectivity index (χ0v) is 8.97. The molecule has 4 heteroatoms. The second kappa shape index (κ2) is 5.75. The minimum Gasteiger partial charge on any atom is -0.355 e. The van der Waals surface area contributed by atoms with Crippen LogP contribution in [0.4, 0.5) is 0 Å². The fraction of sp³-hybridized carbons (Fsp3) is 0.875. The molecule has 1 aliphatic heterocycles. The number of hydrogen-bond acceptors (Lipinski definition) is 3. The van der Waals surface area contributed by atoms with Gasteiger partial charge in [-0.1, -0.05) is 6.92 Å². The fourth-order valence-corrected chi connectivity index (χ4v) is 3.62. The lowest BCUT2D eigenvalue weighted by Gasteiger charge is -2.20. The lowest BCUT2D eigenvalue weighted by molar-refractivity contribution is -0.120. The molecule has 1 amide bonds. The van der Waals surface area contributed by atoms with Crippen molar-refractivity contribution in [3.8, 4) is 0 Å². The van der Waals surface area contributed by atoms with Crippen LogP contribution in [-0.4, -0.2) is 35.0 Å². The summed E-state index contributed by atoms with van der Waals surface area (Å²) >= 11 is 3.97. The molecule has 0 aliphatic carbocycles. The Bertz CT molecular complexity index is 146. The van der Waals surface area contributed by atoms with E-state index in [1.807, 2.05) is 30.4 Å². The van der Waals surface area contributed by atoms with E-state index < -0.39 is 0 Å². The van der Waals surface area contributed by atoms with Crippen molar-refractivity contribution in [3.63, 3.8) is 0 Å². The highest BCUT2D eigenvalue weighted by atomic mass is 32.2. The van der Waals surface area contributed by atoms with Gasteiger partial charge in [-0.3, -0.25) is 4.79 Å². The van der Waals surface area contributed by atoms with E-state index in [0.717, 1.165) is 6.54 Å².